The molecule has 0 spiro atoms. The summed E-state index contributed by atoms with van der Waals surface area (Å²) in [7, 11) is 0. The Kier molecular flexibility index (Phi) is 3.18. The molecular weight excluding hydrogens is 234 g/mol. The lowest BCUT2D eigenvalue weighted by molar-refractivity contribution is 0.0526. The molecule has 6 nitrogen and oxygen atoms in total. The lowest BCUT2D eigenvalue weighted by Gasteiger charge is -2.11. The smallest absolute Gasteiger partial charge is 0.339 e. The van der Waals surface area contributed by atoms with Gasteiger partial charge in [0.2, 0.25) is 0 Å². The minimum absolute atomic E-state index is 0.0764. The number of ether oxygens (including phenoxy) is 1. The van der Waals surface area contributed by atoms with Crippen molar-refractivity contribution in [3.63, 3.8) is 0 Å². The zero-order valence-electron chi connectivity index (χ0n) is 10.5. The molecule has 96 valence electrons. The number of nitrogens with zero attached hydrogens (tertiary/aromatic N) is 1. The maximum absolute atomic E-state index is 12.0. The summed E-state index contributed by atoms with van der Waals surface area (Å²) in [6.07, 6.45) is 1.52. The summed E-state index contributed by atoms with van der Waals surface area (Å²) in [6, 6.07) is 0. The van der Waals surface area contributed by atoms with Gasteiger partial charge in [-0.15, -0.1) is 0 Å². The molecule has 2 heterocycles. The molecule has 0 bridgehead atoms. The third-order valence-corrected chi connectivity index (χ3v) is 2.72. The van der Waals surface area contributed by atoms with Crippen LogP contribution in [0.5, 0.6) is 0 Å². The van der Waals surface area contributed by atoms with Crippen LogP contribution in [-0.2, 0) is 4.74 Å². The van der Waals surface area contributed by atoms with Crippen LogP contribution in [0.4, 0.5) is 0 Å². The summed E-state index contributed by atoms with van der Waals surface area (Å²) >= 11 is 0. The standard InChI is InChI=1S/C12H15N3O3/c1-4-18-12(17)9-7-5-13-15-10(7)14-11(16)8(9)6(2)3/h5-6H,4H2,1-3H3,(H2,13,14,15,16). The first kappa shape index (κ1) is 12.3. The average molecular weight is 249 g/mol. The normalized spacial score (nSPS) is 11.1. The van der Waals surface area contributed by atoms with Crippen LogP contribution in [0.15, 0.2) is 11.0 Å². The molecule has 0 fully saturated rings. The number of esters is 1. The molecular formula is C12H15N3O3. The Morgan fingerprint density at radius 1 is 1.50 bits per heavy atom. The van der Waals surface area contributed by atoms with E-state index in [0.29, 0.717) is 22.2 Å². The maximum atomic E-state index is 12.0. The van der Waals surface area contributed by atoms with E-state index in [4.69, 9.17) is 4.74 Å². The van der Waals surface area contributed by atoms with E-state index in [0.717, 1.165) is 0 Å². The minimum atomic E-state index is -0.487. The van der Waals surface area contributed by atoms with E-state index < -0.39 is 5.97 Å². The van der Waals surface area contributed by atoms with Gasteiger partial charge in [0.15, 0.2) is 0 Å². The molecule has 0 aliphatic carbocycles. The number of pyridine rings is 1. The molecule has 0 radical (unpaired) electrons. The second kappa shape index (κ2) is 4.64. The number of fused-ring (bicyclic) bond motifs is 1. The zero-order chi connectivity index (χ0) is 13.3. The summed E-state index contributed by atoms with van der Waals surface area (Å²) < 4.78 is 5.02. The van der Waals surface area contributed by atoms with E-state index in [9.17, 15) is 9.59 Å². The fourth-order valence-corrected chi connectivity index (χ4v) is 1.98. The molecule has 0 aliphatic heterocycles. The Morgan fingerprint density at radius 3 is 2.83 bits per heavy atom. The van der Waals surface area contributed by atoms with Gasteiger partial charge >= 0.3 is 5.97 Å². The van der Waals surface area contributed by atoms with Crippen molar-refractivity contribution < 1.29 is 9.53 Å². The van der Waals surface area contributed by atoms with Gasteiger partial charge in [-0.3, -0.25) is 9.89 Å². The molecule has 0 aliphatic rings. The van der Waals surface area contributed by atoms with Gasteiger partial charge in [-0.1, -0.05) is 13.8 Å². The molecule has 0 atom stereocenters. The van der Waals surface area contributed by atoms with E-state index in [-0.39, 0.29) is 18.1 Å². The van der Waals surface area contributed by atoms with Crippen LogP contribution in [0.3, 0.4) is 0 Å². The molecule has 0 saturated heterocycles. The van der Waals surface area contributed by atoms with Crippen molar-refractivity contribution in [1.82, 2.24) is 15.2 Å². The number of aromatic amines is 2. The van der Waals surface area contributed by atoms with Crippen LogP contribution < -0.4 is 5.56 Å². The van der Waals surface area contributed by atoms with Crippen molar-refractivity contribution in [2.45, 2.75) is 26.7 Å². The molecule has 0 amide bonds. The van der Waals surface area contributed by atoms with E-state index in [2.05, 4.69) is 15.2 Å². The fourth-order valence-electron chi connectivity index (χ4n) is 1.98. The summed E-state index contributed by atoms with van der Waals surface area (Å²) in [5.41, 5.74) is 0.888. The van der Waals surface area contributed by atoms with Gasteiger partial charge in [0.05, 0.1) is 23.8 Å². The predicted molar refractivity (Wildman–Crippen MR) is 66.8 cm³/mol. The quantitative estimate of drug-likeness (QED) is 0.808. The van der Waals surface area contributed by atoms with Crippen LogP contribution in [0, 0.1) is 0 Å². The number of hydrogen-bond acceptors (Lipinski definition) is 4. The Balaban J connectivity index is 2.79. The topological polar surface area (TPSA) is 87.8 Å². The lowest BCUT2D eigenvalue weighted by Crippen LogP contribution is -2.21. The Bertz CT molecular complexity index is 640. The molecule has 0 saturated carbocycles. The zero-order valence-corrected chi connectivity index (χ0v) is 10.5. The van der Waals surface area contributed by atoms with E-state index >= 15 is 0 Å². The summed E-state index contributed by atoms with van der Waals surface area (Å²) in [6.45, 7) is 5.72. The highest BCUT2D eigenvalue weighted by Gasteiger charge is 2.22. The molecule has 18 heavy (non-hydrogen) atoms. The number of rotatable bonds is 3. The van der Waals surface area contributed by atoms with Crippen molar-refractivity contribution in [3.05, 3.63) is 27.7 Å². The van der Waals surface area contributed by atoms with E-state index in [1.165, 1.54) is 6.20 Å². The average Bonchev–Trinajstić information content (AvgIpc) is 2.74. The first-order valence-corrected chi connectivity index (χ1v) is 5.82. The van der Waals surface area contributed by atoms with Crippen molar-refractivity contribution in [2.75, 3.05) is 6.61 Å². The molecule has 2 rings (SSSR count). The van der Waals surface area contributed by atoms with Crippen molar-refractivity contribution >= 4 is 17.0 Å². The second-order valence-corrected chi connectivity index (χ2v) is 4.28. The van der Waals surface area contributed by atoms with Gasteiger partial charge in [0, 0.05) is 5.56 Å². The lowest BCUT2D eigenvalue weighted by atomic mass is 9.97. The highest BCUT2D eigenvalue weighted by molar-refractivity contribution is 6.03. The van der Waals surface area contributed by atoms with Gasteiger partial charge in [-0.25, -0.2) is 4.79 Å². The van der Waals surface area contributed by atoms with E-state index in [1.807, 2.05) is 13.8 Å². The number of nitrogens with one attached hydrogen (secondary N) is 2. The third kappa shape index (κ3) is 1.90. The fraction of sp³-hybridized carbons (Fsp3) is 0.417. The first-order chi connectivity index (χ1) is 8.56. The summed E-state index contributed by atoms with van der Waals surface area (Å²) in [5, 5.41) is 7.07. The maximum Gasteiger partial charge on any atom is 0.339 e. The van der Waals surface area contributed by atoms with Gasteiger partial charge in [-0.2, -0.15) is 5.10 Å². The number of carbonyl (C=O) groups is 1. The Hall–Kier alpha value is -2.11. The molecule has 2 N–H and O–H groups in total. The number of H-pyrrole nitrogens is 2. The van der Waals surface area contributed by atoms with Crippen LogP contribution in [0.2, 0.25) is 0 Å². The van der Waals surface area contributed by atoms with Crippen LogP contribution in [0.25, 0.3) is 11.0 Å². The molecule has 2 aromatic rings. The predicted octanol–water partition coefficient (Wildman–Crippen LogP) is 1.55. The summed E-state index contributed by atoms with van der Waals surface area (Å²) in [5.74, 6) is -0.564. The van der Waals surface area contributed by atoms with E-state index in [1.54, 1.807) is 6.92 Å². The van der Waals surface area contributed by atoms with Crippen molar-refractivity contribution in [3.8, 4) is 0 Å². The van der Waals surface area contributed by atoms with Gasteiger partial charge in [0.1, 0.15) is 5.65 Å². The molecule has 2 aromatic heterocycles. The molecule has 0 unspecified atom stereocenters. The minimum Gasteiger partial charge on any atom is -0.462 e. The molecule has 6 heteroatoms. The largest absolute Gasteiger partial charge is 0.462 e. The van der Waals surface area contributed by atoms with Gasteiger partial charge in [-0.05, 0) is 12.8 Å². The monoisotopic (exact) mass is 249 g/mol. The Labute approximate surface area is 103 Å². The number of aromatic nitrogens is 3. The number of hydrogen-bond donors (Lipinski definition) is 2. The van der Waals surface area contributed by atoms with Crippen LogP contribution in [0.1, 0.15) is 42.6 Å². The van der Waals surface area contributed by atoms with Crippen molar-refractivity contribution in [2.24, 2.45) is 0 Å². The first-order valence-electron chi connectivity index (χ1n) is 5.82. The van der Waals surface area contributed by atoms with Crippen LogP contribution in [-0.4, -0.2) is 27.8 Å². The van der Waals surface area contributed by atoms with Gasteiger partial charge in [0.25, 0.3) is 5.56 Å². The second-order valence-electron chi connectivity index (χ2n) is 4.28. The van der Waals surface area contributed by atoms with Crippen molar-refractivity contribution in [1.29, 1.82) is 0 Å². The Morgan fingerprint density at radius 2 is 2.22 bits per heavy atom. The highest BCUT2D eigenvalue weighted by Crippen LogP contribution is 2.22. The molecule has 0 aromatic carbocycles. The number of carbonyl (C=O) groups excluding carboxylic acids is 1. The van der Waals surface area contributed by atoms with Gasteiger partial charge < -0.3 is 9.72 Å². The SMILES string of the molecule is CCOC(=O)c1c(C(C)C)c(=O)[nH]c2[nH]ncc12. The highest BCUT2D eigenvalue weighted by atomic mass is 16.5. The third-order valence-electron chi connectivity index (χ3n) is 2.72. The summed E-state index contributed by atoms with van der Waals surface area (Å²) in [4.78, 5) is 26.7. The van der Waals surface area contributed by atoms with Crippen LogP contribution >= 0.6 is 0 Å².